The molecule has 0 spiro atoms. The van der Waals surface area contributed by atoms with Gasteiger partial charge in [-0.3, -0.25) is 19.2 Å². The van der Waals surface area contributed by atoms with Crippen LogP contribution in [0.15, 0.2) is 63.8 Å². The molecule has 0 aromatic heterocycles. The Morgan fingerprint density at radius 2 is 1.17 bits per heavy atom. The number of aliphatic carboxylic acids is 4. The molecule has 376 valence electrons. The fourth-order valence-electron chi connectivity index (χ4n) is 7.40. The van der Waals surface area contributed by atoms with Crippen LogP contribution in [0.5, 0.6) is 5.75 Å². The highest BCUT2D eigenvalue weighted by Crippen LogP contribution is 2.42. The highest BCUT2D eigenvalue weighted by Gasteiger charge is 2.26. The summed E-state index contributed by atoms with van der Waals surface area (Å²) in [6.45, 7) is 0.596. The van der Waals surface area contributed by atoms with Crippen LogP contribution in [0.4, 0.5) is 10.5 Å². The Bertz CT molecular complexity index is 2580. The predicted octanol–water partition coefficient (Wildman–Crippen LogP) is 4.69. The van der Waals surface area contributed by atoms with Gasteiger partial charge in [-0.05, 0) is 112 Å². The van der Waals surface area contributed by atoms with E-state index in [1.165, 1.54) is 30.3 Å². The molecule has 70 heavy (non-hydrogen) atoms. The van der Waals surface area contributed by atoms with E-state index in [-0.39, 0.29) is 77.8 Å². The lowest BCUT2D eigenvalue weighted by Crippen LogP contribution is -2.51. The van der Waals surface area contributed by atoms with Gasteiger partial charge in [-0.25, -0.2) is 24.0 Å². The maximum atomic E-state index is 12.6. The van der Waals surface area contributed by atoms with Crippen molar-refractivity contribution in [1.29, 1.82) is 0 Å². The van der Waals surface area contributed by atoms with Crippen LogP contribution < -0.4 is 37.3 Å². The first-order valence-corrected chi connectivity index (χ1v) is 22.9. The summed E-state index contributed by atoms with van der Waals surface area (Å²) in [6.07, 6.45) is 3.47. The number of fused-ring (bicyclic) bond motifs is 2. The molecule has 1 heterocycles. The van der Waals surface area contributed by atoms with Crippen molar-refractivity contribution in [2.75, 3.05) is 18.4 Å². The van der Waals surface area contributed by atoms with Crippen molar-refractivity contribution in [1.82, 2.24) is 26.6 Å². The fraction of sp³-hybridized carbons (Fsp3) is 0.404. The number of amides is 4. The molecule has 2 aliphatic rings. The molecule has 0 saturated heterocycles. The molecular formula is C47H56N6O16S. The highest BCUT2D eigenvalue weighted by molar-refractivity contribution is 7.80. The SMILES string of the molecule is O=C(O)CCC(NC(=O)N[C@@H](CCCCNC(=O)CCCCCCC(=O)NC(CCCCNC(=S)Nc1ccc(-c2c3ccc(=O)cc-3oc3cc(O)ccc23)c(C(=O)O)c1)C(=O)O)C(=O)O)C(=O)O. The molecule has 0 fully saturated rings. The Labute approximate surface area is 405 Å². The number of hydrogen-bond acceptors (Lipinski definition) is 12. The predicted molar refractivity (Wildman–Crippen MR) is 257 cm³/mol. The second-order valence-electron chi connectivity index (χ2n) is 16.3. The molecule has 4 amide bonds. The molecule has 4 rings (SSSR count). The van der Waals surface area contributed by atoms with Gasteiger partial charge in [0.05, 0.1) is 5.56 Å². The number of carbonyl (C=O) groups excluding carboxylic acids is 3. The number of nitrogens with one attached hydrogen (secondary N) is 6. The third kappa shape index (κ3) is 17.7. The van der Waals surface area contributed by atoms with Crippen LogP contribution in [0.25, 0.3) is 33.4 Å². The van der Waals surface area contributed by atoms with E-state index in [0.29, 0.717) is 85.7 Å². The van der Waals surface area contributed by atoms with E-state index < -0.39 is 66.3 Å². The van der Waals surface area contributed by atoms with Gasteiger partial charge in [0.15, 0.2) is 10.5 Å². The summed E-state index contributed by atoms with van der Waals surface area (Å²) in [4.78, 5) is 107. The van der Waals surface area contributed by atoms with Gasteiger partial charge in [0.25, 0.3) is 0 Å². The molecule has 1 aliphatic heterocycles. The number of thiocarbonyl (C=S) groups is 1. The Balaban J connectivity index is 1.10. The molecule has 0 saturated carbocycles. The Kier molecular flexibility index (Phi) is 21.3. The Morgan fingerprint density at radius 1 is 0.586 bits per heavy atom. The number of carboxylic acids is 5. The number of carbonyl (C=O) groups is 8. The van der Waals surface area contributed by atoms with Crippen molar-refractivity contribution in [3.63, 3.8) is 0 Å². The minimum atomic E-state index is -1.52. The first kappa shape index (κ1) is 54.8. The van der Waals surface area contributed by atoms with Crippen LogP contribution in [-0.2, 0) is 28.8 Å². The van der Waals surface area contributed by atoms with Gasteiger partial charge in [-0.2, -0.15) is 0 Å². The molecule has 2 aromatic carbocycles. The summed E-state index contributed by atoms with van der Waals surface area (Å²) < 4.78 is 5.88. The summed E-state index contributed by atoms with van der Waals surface area (Å²) in [7, 11) is 0. The summed E-state index contributed by atoms with van der Waals surface area (Å²) >= 11 is 5.42. The minimum absolute atomic E-state index is 0.00954. The van der Waals surface area contributed by atoms with Crippen molar-refractivity contribution >= 4 is 81.7 Å². The van der Waals surface area contributed by atoms with E-state index in [2.05, 4.69) is 31.9 Å². The number of unbranched alkanes of at least 4 members (excludes halogenated alkanes) is 5. The Morgan fingerprint density at radius 3 is 1.79 bits per heavy atom. The number of anilines is 1. The van der Waals surface area contributed by atoms with Crippen molar-refractivity contribution in [3.8, 4) is 28.2 Å². The highest BCUT2D eigenvalue weighted by atomic mass is 32.1. The van der Waals surface area contributed by atoms with E-state index in [1.54, 1.807) is 24.3 Å². The van der Waals surface area contributed by atoms with Crippen LogP contribution in [0.1, 0.15) is 100 Å². The van der Waals surface area contributed by atoms with Gasteiger partial charge in [-0.1, -0.05) is 18.9 Å². The molecule has 0 bridgehead atoms. The van der Waals surface area contributed by atoms with E-state index in [0.717, 1.165) is 0 Å². The molecule has 2 aromatic rings. The number of hydrogen-bond donors (Lipinski definition) is 12. The number of rotatable bonds is 29. The van der Waals surface area contributed by atoms with Gasteiger partial charge < -0.3 is 67.0 Å². The molecule has 2 unspecified atom stereocenters. The van der Waals surface area contributed by atoms with E-state index in [4.69, 9.17) is 21.7 Å². The summed E-state index contributed by atoms with van der Waals surface area (Å²) in [5, 5.41) is 73.5. The number of phenols is 1. The molecule has 0 radical (unpaired) electrons. The second kappa shape index (κ2) is 27.2. The molecule has 3 atom stereocenters. The zero-order valence-electron chi connectivity index (χ0n) is 37.9. The van der Waals surface area contributed by atoms with Crippen LogP contribution in [0.2, 0.25) is 0 Å². The first-order valence-electron chi connectivity index (χ1n) is 22.5. The van der Waals surface area contributed by atoms with Crippen LogP contribution in [0.3, 0.4) is 0 Å². The second-order valence-corrected chi connectivity index (χ2v) is 16.7. The monoisotopic (exact) mass is 992 g/mol. The summed E-state index contributed by atoms with van der Waals surface area (Å²) in [5.74, 6) is -6.97. The molecule has 22 nitrogen and oxygen atoms in total. The van der Waals surface area contributed by atoms with Crippen molar-refractivity contribution in [3.05, 3.63) is 70.4 Å². The number of urea groups is 1. The number of benzene rings is 3. The van der Waals surface area contributed by atoms with E-state index in [1.807, 2.05) is 0 Å². The van der Waals surface area contributed by atoms with Gasteiger partial charge in [-0.15, -0.1) is 0 Å². The van der Waals surface area contributed by atoms with Crippen LogP contribution >= 0.6 is 12.2 Å². The van der Waals surface area contributed by atoms with E-state index >= 15 is 0 Å². The third-order valence-electron chi connectivity index (χ3n) is 10.9. The van der Waals surface area contributed by atoms with Gasteiger partial charge >= 0.3 is 35.9 Å². The number of aromatic hydroxyl groups is 1. The maximum absolute atomic E-state index is 12.6. The number of aromatic carboxylic acids is 1. The van der Waals surface area contributed by atoms with Crippen molar-refractivity contribution in [2.24, 2.45) is 0 Å². The topological polar surface area (TPSA) is 360 Å². The largest absolute Gasteiger partial charge is 0.508 e. The average molecular weight is 993 g/mol. The molecule has 12 N–H and O–H groups in total. The van der Waals surface area contributed by atoms with E-state index in [9.17, 15) is 68.7 Å². The van der Waals surface area contributed by atoms with Gasteiger partial charge in [0.2, 0.25) is 11.8 Å². The summed E-state index contributed by atoms with van der Waals surface area (Å²) in [5.41, 5.74) is 1.57. The van der Waals surface area contributed by atoms with Gasteiger partial charge in [0.1, 0.15) is 35.2 Å². The summed E-state index contributed by atoms with van der Waals surface area (Å²) in [6, 6.07) is 8.25. The third-order valence-corrected chi connectivity index (χ3v) is 11.2. The zero-order valence-corrected chi connectivity index (χ0v) is 38.7. The zero-order chi connectivity index (χ0) is 51.3. The van der Waals surface area contributed by atoms with Crippen molar-refractivity contribution in [2.45, 2.75) is 108 Å². The lowest BCUT2D eigenvalue weighted by molar-refractivity contribution is -0.142. The fourth-order valence-corrected chi connectivity index (χ4v) is 7.62. The average Bonchev–Trinajstić information content (AvgIpc) is 3.29. The molecular weight excluding hydrogens is 937 g/mol. The van der Waals surface area contributed by atoms with Crippen molar-refractivity contribution < 1.29 is 73.4 Å². The van der Waals surface area contributed by atoms with Crippen LogP contribution in [0, 0.1) is 0 Å². The van der Waals surface area contributed by atoms with Gasteiger partial charge in [0, 0.05) is 66.7 Å². The first-order chi connectivity index (χ1) is 33.3. The standard InChI is InChI=1S/C47H56N6O16S/c54-27-14-17-30-36(24-27)69-37-25-28(55)15-18-31(37)41(30)29-16-13-26(23-32(29)42(60)61)50-47(70)49-22-8-6-9-33(43(62)63)51-39(57)12-4-2-1-3-11-38(56)48-21-7-5-10-34(44(64)65)52-46(68)53-35(45(66)67)19-20-40(58)59/h13-18,23-25,33-35,54H,1-12,19-22H2,(H,48,56)(H,51,57)(H,58,59)(H,60,61)(H,62,63)(H,64,65)(H,66,67)(H2,49,50,70)(H2,52,53,68)/t33?,34-,35?/m0/s1. The normalized spacial score (nSPS) is 12.2. The van der Waals surface area contributed by atoms with Crippen LogP contribution in [-0.4, -0.2) is 115 Å². The molecule has 1 aliphatic carbocycles. The Hall–Kier alpha value is -7.82. The maximum Gasteiger partial charge on any atom is 0.336 e. The molecule has 23 heteroatoms. The number of carboxylic acid groups (broad SMARTS) is 5. The minimum Gasteiger partial charge on any atom is -0.508 e. The smallest absolute Gasteiger partial charge is 0.336 e. The lowest BCUT2D eigenvalue weighted by atomic mass is 9.90. The lowest BCUT2D eigenvalue weighted by Gasteiger charge is -2.18. The quantitative estimate of drug-likeness (QED) is 0.0199. The number of phenolic OH excluding ortho intramolecular Hbond substituents is 1.